The van der Waals surface area contributed by atoms with Crippen molar-refractivity contribution >= 4 is 23.1 Å². The van der Waals surface area contributed by atoms with Gasteiger partial charge in [-0.1, -0.05) is 12.1 Å². The second-order valence-electron chi connectivity index (χ2n) is 6.99. The number of hydrogen-bond donors (Lipinski definition) is 0. The Bertz CT molecular complexity index is 905. The Balaban J connectivity index is 1.50. The van der Waals surface area contributed by atoms with E-state index in [0.717, 1.165) is 0 Å². The topological polar surface area (TPSA) is 93.0 Å². The fourth-order valence-electron chi connectivity index (χ4n) is 3.51. The van der Waals surface area contributed by atoms with Crippen molar-refractivity contribution in [2.75, 3.05) is 37.7 Å². The van der Waals surface area contributed by atoms with E-state index in [-0.39, 0.29) is 35.1 Å². The van der Waals surface area contributed by atoms with Crippen molar-refractivity contribution in [2.24, 2.45) is 0 Å². The molecule has 0 saturated carbocycles. The van der Waals surface area contributed by atoms with E-state index in [1.54, 1.807) is 47.4 Å². The highest BCUT2D eigenvalue weighted by molar-refractivity contribution is 5.98. The van der Waals surface area contributed by atoms with Crippen LogP contribution < -0.4 is 9.64 Å². The number of carbonyl (C=O) groups excluding carboxylic acids is 2. The molecule has 1 amide bonds. The summed E-state index contributed by atoms with van der Waals surface area (Å²) in [5, 5.41) is 11.2. The maximum Gasteiger partial charge on any atom is 0.292 e. The largest absolute Gasteiger partial charge is 0.494 e. The Kier molecular flexibility index (Phi) is 7.00. The van der Waals surface area contributed by atoms with Gasteiger partial charge in [0, 0.05) is 50.7 Å². The number of ether oxygens (including phenoxy) is 1. The molecule has 3 rings (SSSR count). The lowest BCUT2D eigenvalue weighted by molar-refractivity contribution is -0.384. The third-order valence-electron chi connectivity index (χ3n) is 5.10. The zero-order valence-corrected chi connectivity index (χ0v) is 17.0. The number of amides is 1. The first-order valence-corrected chi connectivity index (χ1v) is 10.0. The SMILES string of the molecule is CCOc1ccc(C(=O)CCC(=O)N2CCN(c3ccccc3[N+](=O)[O-])CC2)cc1. The van der Waals surface area contributed by atoms with Crippen molar-refractivity contribution in [3.63, 3.8) is 0 Å². The first-order valence-electron chi connectivity index (χ1n) is 10.0. The number of nitro groups is 1. The molecule has 30 heavy (non-hydrogen) atoms. The van der Waals surface area contributed by atoms with Crippen molar-refractivity contribution in [3.8, 4) is 5.75 Å². The number of anilines is 1. The van der Waals surface area contributed by atoms with Crippen LogP contribution in [0.5, 0.6) is 5.75 Å². The van der Waals surface area contributed by atoms with Crippen molar-refractivity contribution in [1.82, 2.24) is 4.90 Å². The number of hydrogen-bond acceptors (Lipinski definition) is 6. The molecule has 0 radical (unpaired) electrons. The van der Waals surface area contributed by atoms with E-state index in [9.17, 15) is 19.7 Å². The van der Waals surface area contributed by atoms with E-state index in [1.165, 1.54) is 6.07 Å². The van der Waals surface area contributed by atoms with Crippen LogP contribution >= 0.6 is 0 Å². The lowest BCUT2D eigenvalue weighted by Gasteiger charge is -2.35. The van der Waals surface area contributed by atoms with Crippen LogP contribution in [0.1, 0.15) is 30.1 Å². The molecule has 0 aromatic heterocycles. The second kappa shape index (κ2) is 9.87. The summed E-state index contributed by atoms with van der Waals surface area (Å²) in [6, 6.07) is 13.5. The Morgan fingerprint density at radius 2 is 1.67 bits per heavy atom. The van der Waals surface area contributed by atoms with Gasteiger partial charge in [-0.05, 0) is 37.3 Å². The summed E-state index contributed by atoms with van der Waals surface area (Å²) in [6.07, 6.45) is 0.300. The van der Waals surface area contributed by atoms with Crippen LogP contribution in [0.3, 0.4) is 0 Å². The number of ketones is 1. The van der Waals surface area contributed by atoms with Gasteiger partial charge < -0.3 is 14.5 Å². The third kappa shape index (κ3) is 5.14. The van der Waals surface area contributed by atoms with Crippen LogP contribution in [-0.4, -0.2) is 54.3 Å². The first-order chi connectivity index (χ1) is 14.5. The summed E-state index contributed by atoms with van der Waals surface area (Å²) >= 11 is 0. The van der Waals surface area contributed by atoms with Crippen LogP contribution in [0.15, 0.2) is 48.5 Å². The number of rotatable bonds is 8. The molecular weight excluding hydrogens is 386 g/mol. The molecule has 0 aliphatic carbocycles. The number of Topliss-reactive ketones (excluding diaryl/α,β-unsaturated/α-hetero) is 1. The predicted molar refractivity (Wildman–Crippen MR) is 113 cm³/mol. The summed E-state index contributed by atoms with van der Waals surface area (Å²) in [7, 11) is 0. The Labute approximate surface area is 175 Å². The zero-order chi connectivity index (χ0) is 21.5. The number of carbonyl (C=O) groups is 2. The molecule has 0 spiro atoms. The molecule has 8 heteroatoms. The molecular formula is C22H25N3O5. The highest BCUT2D eigenvalue weighted by Gasteiger charge is 2.25. The molecule has 1 fully saturated rings. The number of nitrogens with zero attached hydrogens (tertiary/aromatic N) is 3. The molecule has 2 aromatic carbocycles. The summed E-state index contributed by atoms with van der Waals surface area (Å²) < 4.78 is 5.37. The molecule has 0 atom stereocenters. The van der Waals surface area contributed by atoms with Gasteiger partial charge in [0.05, 0.1) is 11.5 Å². The maximum atomic E-state index is 12.5. The van der Waals surface area contributed by atoms with Gasteiger partial charge in [-0.15, -0.1) is 0 Å². The van der Waals surface area contributed by atoms with Gasteiger partial charge in [-0.3, -0.25) is 19.7 Å². The molecule has 8 nitrogen and oxygen atoms in total. The van der Waals surface area contributed by atoms with E-state index in [0.29, 0.717) is 49.8 Å². The highest BCUT2D eigenvalue weighted by atomic mass is 16.6. The standard InChI is InChI=1S/C22H25N3O5/c1-2-30-18-9-7-17(8-10-18)21(26)11-12-22(27)24-15-13-23(14-16-24)19-5-3-4-6-20(19)25(28)29/h3-10H,2,11-16H2,1H3. The van der Waals surface area contributed by atoms with E-state index in [1.807, 2.05) is 11.8 Å². The van der Waals surface area contributed by atoms with Gasteiger partial charge in [0.15, 0.2) is 5.78 Å². The maximum absolute atomic E-state index is 12.5. The van der Waals surface area contributed by atoms with Gasteiger partial charge in [-0.25, -0.2) is 0 Å². The first kappa shape index (κ1) is 21.3. The smallest absolute Gasteiger partial charge is 0.292 e. The molecule has 0 bridgehead atoms. The molecule has 2 aromatic rings. The molecule has 1 saturated heterocycles. The molecule has 1 heterocycles. The average molecular weight is 411 g/mol. The van der Waals surface area contributed by atoms with Crippen LogP contribution in [0.4, 0.5) is 11.4 Å². The minimum absolute atomic E-state index is 0.0678. The molecule has 158 valence electrons. The summed E-state index contributed by atoms with van der Waals surface area (Å²) in [6.45, 7) is 4.44. The Morgan fingerprint density at radius 1 is 1.00 bits per heavy atom. The van der Waals surface area contributed by atoms with Gasteiger partial charge in [0.25, 0.3) is 5.69 Å². The van der Waals surface area contributed by atoms with Crippen molar-refractivity contribution in [3.05, 3.63) is 64.2 Å². The summed E-state index contributed by atoms with van der Waals surface area (Å²) in [5.41, 5.74) is 1.20. The fourth-order valence-corrected chi connectivity index (χ4v) is 3.51. The van der Waals surface area contributed by atoms with E-state index < -0.39 is 0 Å². The zero-order valence-electron chi connectivity index (χ0n) is 17.0. The average Bonchev–Trinajstić information content (AvgIpc) is 2.78. The molecule has 0 N–H and O–H groups in total. The minimum atomic E-state index is -0.389. The van der Waals surface area contributed by atoms with E-state index in [4.69, 9.17) is 4.74 Å². The lowest BCUT2D eigenvalue weighted by Crippen LogP contribution is -2.49. The Morgan fingerprint density at radius 3 is 2.30 bits per heavy atom. The summed E-state index contributed by atoms with van der Waals surface area (Å²) in [4.78, 5) is 39.4. The predicted octanol–water partition coefficient (Wildman–Crippen LogP) is 3.31. The quantitative estimate of drug-likeness (QED) is 0.376. The van der Waals surface area contributed by atoms with Crippen molar-refractivity contribution in [1.29, 1.82) is 0 Å². The van der Waals surface area contributed by atoms with Gasteiger partial charge in [0.2, 0.25) is 5.91 Å². The normalized spacial score (nSPS) is 13.8. The second-order valence-corrected chi connectivity index (χ2v) is 6.99. The third-order valence-corrected chi connectivity index (χ3v) is 5.10. The molecule has 1 aliphatic heterocycles. The van der Waals surface area contributed by atoms with Crippen molar-refractivity contribution in [2.45, 2.75) is 19.8 Å². The van der Waals surface area contributed by atoms with Crippen LogP contribution in [0, 0.1) is 10.1 Å². The van der Waals surface area contributed by atoms with E-state index in [2.05, 4.69) is 0 Å². The van der Waals surface area contributed by atoms with Crippen LogP contribution in [0.25, 0.3) is 0 Å². The molecule has 1 aliphatic rings. The lowest BCUT2D eigenvalue weighted by atomic mass is 10.1. The van der Waals surface area contributed by atoms with Gasteiger partial charge in [0.1, 0.15) is 11.4 Å². The monoisotopic (exact) mass is 411 g/mol. The van der Waals surface area contributed by atoms with Gasteiger partial charge in [-0.2, -0.15) is 0 Å². The van der Waals surface area contributed by atoms with Crippen molar-refractivity contribution < 1.29 is 19.2 Å². The fraction of sp³-hybridized carbons (Fsp3) is 0.364. The van der Waals surface area contributed by atoms with Gasteiger partial charge >= 0.3 is 0 Å². The minimum Gasteiger partial charge on any atom is -0.494 e. The number of nitro benzene ring substituents is 1. The highest BCUT2D eigenvalue weighted by Crippen LogP contribution is 2.28. The Hall–Kier alpha value is -3.42. The number of piperazine rings is 1. The number of para-hydroxylation sites is 2. The van der Waals surface area contributed by atoms with Crippen LogP contribution in [0.2, 0.25) is 0 Å². The van der Waals surface area contributed by atoms with Crippen LogP contribution in [-0.2, 0) is 4.79 Å². The summed E-state index contributed by atoms with van der Waals surface area (Å²) in [5.74, 6) is 0.558. The van der Waals surface area contributed by atoms with E-state index >= 15 is 0 Å². The molecule has 0 unspecified atom stereocenters. The number of benzene rings is 2.